The molecule has 1 saturated carbocycles. The Bertz CT molecular complexity index is 1510. The van der Waals surface area contributed by atoms with Crippen LogP contribution in [0.4, 0.5) is 0 Å². The van der Waals surface area contributed by atoms with E-state index in [-0.39, 0.29) is 41.2 Å². The number of sulfone groups is 1. The first-order valence-electron chi connectivity index (χ1n) is 13.2. The van der Waals surface area contributed by atoms with Crippen LogP contribution < -0.4 is 0 Å². The van der Waals surface area contributed by atoms with Crippen molar-refractivity contribution in [1.29, 1.82) is 0 Å². The summed E-state index contributed by atoms with van der Waals surface area (Å²) in [5.41, 5.74) is 0.398. The van der Waals surface area contributed by atoms with E-state index < -0.39 is 33.3 Å². The fourth-order valence-electron chi connectivity index (χ4n) is 6.04. The Labute approximate surface area is 244 Å². The number of carboxylic acid groups (broad SMARTS) is 1. The van der Waals surface area contributed by atoms with Crippen molar-refractivity contribution in [2.45, 2.75) is 55.5 Å². The smallest absolute Gasteiger partial charge is 0.304 e. The van der Waals surface area contributed by atoms with Gasteiger partial charge in [0.1, 0.15) is 0 Å². The molecule has 210 valence electrons. The summed E-state index contributed by atoms with van der Waals surface area (Å²) in [4.78, 5) is 32.3. The second-order valence-corrected chi connectivity index (χ2v) is 14.0. The van der Waals surface area contributed by atoms with Crippen LogP contribution in [0.3, 0.4) is 0 Å². The predicted molar refractivity (Wildman–Crippen MR) is 153 cm³/mol. The number of carboxylic acids is 1. The molecule has 40 heavy (non-hydrogen) atoms. The van der Waals surface area contributed by atoms with Gasteiger partial charge >= 0.3 is 5.97 Å². The summed E-state index contributed by atoms with van der Waals surface area (Å²) in [6.45, 7) is 1.67. The molecule has 1 saturated heterocycles. The Hall–Kier alpha value is -2.94. The number of amides is 1. The SMILES string of the molecule is CC1(CC(=O)O)CC(c2cccc(Cl)c2)C(c2ccc(Cl)cc2)N(C(CS(=O)(=O)c2ccncc2)C2CC2)C1=O. The van der Waals surface area contributed by atoms with Crippen molar-refractivity contribution < 1.29 is 23.1 Å². The number of aliphatic carboxylic acids is 1. The lowest BCUT2D eigenvalue weighted by atomic mass is 9.67. The van der Waals surface area contributed by atoms with Gasteiger partial charge in [-0.2, -0.15) is 0 Å². The highest BCUT2D eigenvalue weighted by molar-refractivity contribution is 7.91. The van der Waals surface area contributed by atoms with E-state index in [9.17, 15) is 23.1 Å². The number of benzene rings is 2. The largest absolute Gasteiger partial charge is 0.481 e. The zero-order valence-electron chi connectivity index (χ0n) is 21.9. The maximum atomic E-state index is 14.5. The molecule has 1 N–H and O–H groups in total. The number of hydrogen-bond donors (Lipinski definition) is 1. The van der Waals surface area contributed by atoms with Gasteiger partial charge in [-0.25, -0.2) is 8.42 Å². The van der Waals surface area contributed by atoms with Gasteiger partial charge in [0.25, 0.3) is 0 Å². The van der Waals surface area contributed by atoms with Crippen LogP contribution in [-0.2, 0) is 19.4 Å². The summed E-state index contributed by atoms with van der Waals surface area (Å²) in [5, 5.41) is 10.9. The average molecular weight is 602 g/mol. The highest BCUT2D eigenvalue weighted by Gasteiger charge is 2.55. The number of halogens is 2. The lowest BCUT2D eigenvalue weighted by Crippen LogP contribution is -2.58. The summed E-state index contributed by atoms with van der Waals surface area (Å²) < 4.78 is 27.3. The molecule has 4 atom stereocenters. The van der Waals surface area contributed by atoms with E-state index in [0.29, 0.717) is 10.0 Å². The quantitative estimate of drug-likeness (QED) is 0.314. The third kappa shape index (κ3) is 5.90. The first-order chi connectivity index (χ1) is 19.0. The summed E-state index contributed by atoms with van der Waals surface area (Å²) in [6.07, 6.45) is 4.32. The Morgan fingerprint density at radius 1 is 1.05 bits per heavy atom. The van der Waals surface area contributed by atoms with Gasteiger partial charge in [0.15, 0.2) is 9.84 Å². The van der Waals surface area contributed by atoms with Crippen LogP contribution in [0.5, 0.6) is 0 Å². The van der Waals surface area contributed by atoms with Gasteiger partial charge in [-0.3, -0.25) is 14.6 Å². The summed E-state index contributed by atoms with van der Waals surface area (Å²) in [6, 6.07) is 16.3. The molecule has 0 bridgehead atoms. The lowest BCUT2D eigenvalue weighted by Gasteiger charge is -2.52. The Morgan fingerprint density at radius 2 is 1.73 bits per heavy atom. The molecule has 2 fully saturated rings. The minimum atomic E-state index is -3.79. The normalized spacial score (nSPS) is 24.1. The van der Waals surface area contributed by atoms with Crippen LogP contribution in [0.25, 0.3) is 0 Å². The van der Waals surface area contributed by atoms with Crippen LogP contribution in [0.1, 0.15) is 55.7 Å². The maximum Gasteiger partial charge on any atom is 0.304 e. The van der Waals surface area contributed by atoms with Crippen molar-refractivity contribution in [3.8, 4) is 0 Å². The summed E-state index contributed by atoms with van der Waals surface area (Å²) in [7, 11) is -3.79. The summed E-state index contributed by atoms with van der Waals surface area (Å²) in [5.74, 6) is -2.08. The molecule has 1 aliphatic heterocycles. The highest BCUT2D eigenvalue weighted by atomic mass is 35.5. The second-order valence-electron chi connectivity index (χ2n) is 11.1. The van der Waals surface area contributed by atoms with Crippen LogP contribution in [0.15, 0.2) is 78.0 Å². The van der Waals surface area contributed by atoms with Gasteiger partial charge in [0.05, 0.1) is 28.5 Å². The number of rotatable bonds is 9. The van der Waals surface area contributed by atoms with Gasteiger partial charge in [0.2, 0.25) is 5.91 Å². The molecule has 5 rings (SSSR count). The van der Waals surface area contributed by atoms with Gasteiger partial charge in [-0.05, 0) is 72.7 Å². The molecule has 2 heterocycles. The molecule has 2 aliphatic rings. The first kappa shape index (κ1) is 28.6. The molecule has 0 spiro atoms. The molecule has 1 amide bonds. The number of aromatic nitrogens is 1. The highest BCUT2D eigenvalue weighted by Crippen LogP contribution is 2.54. The Balaban J connectivity index is 1.69. The van der Waals surface area contributed by atoms with E-state index in [0.717, 1.165) is 24.0 Å². The van der Waals surface area contributed by atoms with Gasteiger partial charge < -0.3 is 10.0 Å². The topological polar surface area (TPSA) is 105 Å². The fraction of sp³-hybridized carbons (Fsp3) is 0.367. The minimum absolute atomic E-state index is 0.0254. The van der Waals surface area contributed by atoms with E-state index in [1.807, 2.05) is 30.3 Å². The third-order valence-corrected chi connectivity index (χ3v) is 10.3. The molecule has 10 heteroatoms. The number of likely N-dealkylation sites (tertiary alicyclic amines) is 1. The molecule has 0 radical (unpaired) electrons. The van der Waals surface area contributed by atoms with Gasteiger partial charge in [0, 0.05) is 34.4 Å². The number of hydrogen-bond acceptors (Lipinski definition) is 5. The third-order valence-electron chi connectivity index (χ3n) is 8.05. The molecule has 4 unspecified atom stereocenters. The number of carbonyl (C=O) groups excluding carboxylic acids is 1. The number of piperidine rings is 1. The van der Waals surface area contributed by atoms with Crippen molar-refractivity contribution in [2.24, 2.45) is 11.3 Å². The van der Waals surface area contributed by atoms with E-state index in [4.69, 9.17) is 23.2 Å². The number of carbonyl (C=O) groups is 2. The molecule has 1 aliphatic carbocycles. The molecule has 1 aromatic heterocycles. The molecule has 3 aromatic rings. The number of pyridine rings is 1. The van der Waals surface area contributed by atoms with E-state index in [1.165, 1.54) is 24.5 Å². The van der Waals surface area contributed by atoms with Crippen LogP contribution in [0, 0.1) is 11.3 Å². The Morgan fingerprint density at radius 3 is 2.33 bits per heavy atom. The van der Waals surface area contributed by atoms with E-state index in [1.54, 1.807) is 30.0 Å². The molecular weight excluding hydrogens is 571 g/mol. The van der Waals surface area contributed by atoms with Crippen molar-refractivity contribution in [2.75, 3.05) is 5.75 Å². The van der Waals surface area contributed by atoms with Crippen molar-refractivity contribution >= 4 is 44.9 Å². The van der Waals surface area contributed by atoms with Crippen molar-refractivity contribution in [1.82, 2.24) is 9.88 Å². The number of nitrogens with zero attached hydrogens (tertiary/aromatic N) is 2. The minimum Gasteiger partial charge on any atom is -0.481 e. The van der Waals surface area contributed by atoms with Gasteiger partial charge in [-0.1, -0.05) is 54.4 Å². The maximum absolute atomic E-state index is 14.5. The molecular formula is C30H30Cl2N2O5S. The predicted octanol–water partition coefficient (Wildman–Crippen LogP) is 6.18. The zero-order valence-corrected chi connectivity index (χ0v) is 24.2. The first-order valence-corrected chi connectivity index (χ1v) is 15.6. The van der Waals surface area contributed by atoms with Crippen LogP contribution in [0.2, 0.25) is 10.0 Å². The molecule has 2 aromatic carbocycles. The van der Waals surface area contributed by atoms with Crippen LogP contribution in [-0.4, -0.2) is 47.1 Å². The second kappa shape index (κ2) is 11.1. The van der Waals surface area contributed by atoms with Crippen molar-refractivity contribution in [3.05, 3.63) is 94.2 Å². The standard InChI is InChI=1S/C30H30Cl2N2O5S/c1-30(17-27(35)36)16-25(21-3-2-4-23(32)15-21)28(20-7-9-22(31)10-8-20)34(29(30)37)26(19-5-6-19)18-40(38,39)24-11-13-33-14-12-24/h2-4,7-15,19,25-26,28H,5-6,16-18H2,1H3,(H,35,36). The fourth-order valence-corrected chi connectivity index (χ4v) is 7.97. The Kier molecular flexibility index (Phi) is 7.97. The van der Waals surface area contributed by atoms with E-state index >= 15 is 0 Å². The molecule has 7 nitrogen and oxygen atoms in total. The monoisotopic (exact) mass is 600 g/mol. The summed E-state index contributed by atoms with van der Waals surface area (Å²) >= 11 is 12.6. The van der Waals surface area contributed by atoms with Crippen molar-refractivity contribution in [3.63, 3.8) is 0 Å². The lowest BCUT2D eigenvalue weighted by molar-refractivity contribution is -0.160. The van der Waals surface area contributed by atoms with Gasteiger partial charge in [-0.15, -0.1) is 0 Å². The average Bonchev–Trinajstić information content (AvgIpc) is 3.75. The van der Waals surface area contributed by atoms with E-state index in [2.05, 4.69) is 4.98 Å². The van der Waals surface area contributed by atoms with Crippen LogP contribution >= 0.6 is 23.2 Å². The zero-order chi connectivity index (χ0) is 28.7.